The monoisotopic (exact) mass is 957 g/mol. The number of hydrogen-bond donors (Lipinski definition) is 0. The zero-order valence-corrected chi connectivity index (χ0v) is 44.8. The standard InChI is InChI=1S/C63H104O6/c1-4-7-10-13-16-19-22-25-28-31-34-37-40-43-46-49-52-55-61(64)67-58-60(69-63(66)57-54-51-48-45-42-39-36-33-30-27-24-21-18-15-12-9-6-3)59-68-62(65)56-53-50-47-44-41-38-35-32-29-26-23-20-17-14-11-8-5-2/h7,10,16,18-19,21,25,27-28,30,34,36-37,39,43,45-46,48,60H,4-6,8-9,11-15,17,20,22-24,26,29,31-33,35,38,40-42,44,47,49-59H2,1-3H3/b10-7+,19-16+,21-18+,28-25+,30-27+,37-34+,39-36+,46-43+,48-45+/t60-/m0/s1. The van der Waals surface area contributed by atoms with Crippen molar-refractivity contribution in [2.24, 2.45) is 0 Å². The van der Waals surface area contributed by atoms with Crippen LogP contribution in [-0.2, 0) is 28.6 Å². The summed E-state index contributed by atoms with van der Waals surface area (Å²) in [5.74, 6) is -1.03. The third-order valence-electron chi connectivity index (χ3n) is 11.8. The molecule has 0 rings (SSSR count). The average molecular weight is 958 g/mol. The molecule has 0 aromatic heterocycles. The van der Waals surface area contributed by atoms with Crippen molar-refractivity contribution >= 4 is 17.9 Å². The Morgan fingerprint density at radius 2 is 0.580 bits per heavy atom. The first kappa shape index (κ1) is 65.1. The van der Waals surface area contributed by atoms with Crippen LogP contribution in [0.3, 0.4) is 0 Å². The molecule has 69 heavy (non-hydrogen) atoms. The van der Waals surface area contributed by atoms with Crippen molar-refractivity contribution in [2.75, 3.05) is 13.2 Å². The molecular formula is C63H104O6. The number of allylic oxidation sites excluding steroid dienone is 18. The Balaban J connectivity index is 4.55. The molecule has 0 saturated heterocycles. The molecule has 0 aromatic carbocycles. The minimum atomic E-state index is -0.830. The van der Waals surface area contributed by atoms with E-state index in [1.54, 1.807) is 0 Å². The maximum Gasteiger partial charge on any atom is 0.306 e. The second-order valence-corrected chi connectivity index (χ2v) is 18.5. The third-order valence-corrected chi connectivity index (χ3v) is 11.8. The quantitative estimate of drug-likeness (QED) is 0.0262. The predicted octanol–water partition coefficient (Wildman–Crippen LogP) is 19.1. The first-order valence-corrected chi connectivity index (χ1v) is 28.4. The van der Waals surface area contributed by atoms with Gasteiger partial charge in [-0.05, 0) is 96.3 Å². The van der Waals surface area contributed by atoms with E-state index in [0.29, 0.717) is 19.3 Å². The van der Waals surface area contributed by atoms with Gasteiger partial charge in [0.25, 0.3) is 0 Å². The number of rotatable bonds is 50. The van der Waals surface area contributed by atoms with Gasteiger partial charge in [-0.3, -0.25) is 14.4 Å². The van der Waals surface area contributed by atoms with Gasteiger partial charge in [-0.15, -0.1) is 0 Å². The van der Waals surface area contributed by atoms with E-state index in [2.05, 4.69) is 130 Å². The summed E-state index contributed by atoms with van der Waals surface area (Å²) in [6.45, 7) is 6.41. The maximum atomic E-state index is 12.8. The summed E-state index contributed by atoms with van der Waals surface area (Å²) < 4.78 is 16.8. The Kier molecular flexibility index (Phi) is 53.4. The molecule has 0 bridgehead atoms. The Bertz CT molecular complexity index is 1420. The van der Waals surface area contributed by atoms with Crippen LogP contribution in [0.4, 0.5) is 0 Å². The van der Waals surface area contributed by atoms with Crippen LogP contribution < -0.4 is 0 Å². The van der Waals surface area contributed by atoms with Gasteiger partial charge in [0, 0.05) is 19.3 Å². The SMILES string of the molecule is CC/C=C/C/C=C/C/C=C/C/C=C/C/C=C/CCCC(=O)OC[C@@H](COC(=O)CCCCCCCCCCCCCCCCCCC)OC(=O)CCC/C=C/C/C=C/C/C=C/C/C=C/CCCCC. The molecule has 392 valence electrons. The van der Waals surface area contributed by atoms with Crippen LogP contribution in [0.15, 0.2) is 109 Å². The molecule has 0 spiro atoms. The van der Waals surface area contributed by atoms with E-state index >= 15 is 0 Å². The number of esters is 3. The Morgan fingerprint density at radius 1 is 0.304 bits per heavy atom. The van der Waals surface area contributed by atoms with Crippen LogP contribution in [0.2, 0.25) is 0 Å². The topological polar surface area (TPSA) is 78.9 Å². The molecule has 0 radical (unpaired) electrons. The Hall–Kier alpha value is -3.93. The van der Waals surface area contributed by atoms with E-state index < -0.39 is 6.10 Å². The average Bonchev–Trinajstić information content (AvgIpc) is 3.35. The normalized spacial score (nSPS) is 12.9. The van der Waals surface area contributed by atoms with Crippen LogP contribution in [0, 0.1) is 0 Å². The molecule has 0 amide bonds. The van der Waals surface area contributed by atoms with Crippen LogP contribution in [0.1, 0.15) is 252 Å². The lowest BCUT2D eigenvalue weighted by Gasteiger charge is -2.18. The lowest BCUT2D eigenvalue weighted by Crippen LogP contribution is -2.30. The van der Waals surface area contributed by atoms with Crippen LogP contribution in [-0.4, -0.2) is 37.2 Å². The lowest BCUT2D eigenvalue weighted by atomic mass is 10.0. The summed E-state index contributed by atoms with van der Waals surface area (Å²) in [6.07, 6.45) is 76.6. The van der Waals surface area contributed by atoms with Crippen LogP contribution in [0.5, 0.6) is 0 Å². The summed E-state index contributed by atoms with van der Waals surface area (Å²) >= 11 is 0. The van der Waals surface area contributed by atoms with E-state index in [1.807, 2.05) is 0 Å². The number of carbonyl (C=O) groups is 3. The molecule has 0 fully saturated rings. The fraction of sp³-hybridized carbons (Fsp3) is 0.667. The predicted molar refractivity (Wildman–Crippen MR) is 297 cm³/mol. The van der Waals surface area contributed by atoms with Gasteiger partial charge < -0.3 is 14.2 Å². The maximum absolute atomic E-state index is 12.8. The van der Waals surface area contributed by atoms with Crippen molar-refractivity contribution < 1.29 is 28.6 Å². The molecular weight excluding hydrogens is 853 g/mol. The smallest absolute Gasteiger partial charge is 0.306 e. The highest BCUT2D eigenvalue weighted by Gasteiger charge is 2.19. The van der Waals surface area contributed by atoms with Gasteiger partial charge in [0.1, 0.15) is 13.2 Å². The minimum Gasteiger partial charge on any atom is -0.462 e. The van der Waals surface area contributed by atoms with Crippen LogP contribution in [0.25, 0.3) is 0 Å². The first-order valence-electron chi connectivity index (χ1n) is 28.4. The van der Waals surface area contributed by atoms with E-state index in [1.165, 1.54) is 116 Å². The van der Waals surface area contributed by atoms with E-state index in [-0.39, 0.29) is 44.0 Å². The Labute approximate surface area is 425 Å². The second kappa shape index (κ2) is 56.7. The van der Waals surface area contributed by atoms with Crippen molar-refractivity contribution in [2.45, 2.75) is 258 Å². The molecule has 0 heterocycles. The van der Waals surface area contributed by atoms with Gasteiger partial charge in [-0.2, -0.15) is 0 Å². The largest absolute Gasteiger partial charge is 0.462 e. The zero-order chi connectivity index (χ0) is 50.0. The van der Waals surface area contributed by atoms with E-state index in [0.717, 1.165) is 83.5 Å². The summed E-state index contributed by atoms with van der Waals surface area (Å²) in [5, 5.41) is 0. The van der Waals surface area contributed by atoms with Crippen molar-refractivity contribution in [3.8, 4) is 0 Å². The van der Waals surface area contributed by atoms with Crippen LogP contribution >= 0.6 is 0 Å². The number of unbranched alkanes of at least 4 members (excludes halogenated alkanes) is 21. The summed E-state index contributed by atoms with van der Waals surface area (Å²) in [7, 11) is 0. The van der Waals surface area contributed by atoms with Gasteiger partial charge in [0.15, 0.2) is 6.10 Å². The minimum absolute atomic E-state index is 0.117. The number of hydrogen-bond acceptors (Lipinski definition) is 6. The van der Waals surface area contributed by atoms with Gasteiger partial charge in [0.05, 0.1) is 0 Å². The van der Waals surface area contributed by atoms with Gasteiger partial charge >= 0.3 is 17.9 Å². The molecule has 0 saturated carbocycles. The van der Waals surface area contributed by atoms with Crippen molar-refractivity contribution in [1.82, 2.24) is 0 Å². The van der Waals surface area contributed by atoms with Crippen molar-refractivity contribution in [3.63, 3.8) is 0 Å². The third kappa shape index (κ3) is 54.9. The summed E-state index contributed by atoms with van der Waals surface area (Å²) in [5.41, 5.74) is 0. The lowest BCUT2D eigenvalue weighted by molar-refractivity contribution is -0.167. The fourth-order valence-corrected chi connectivity index (χ4v) is 7.53. The molecule has 0 aliphatic rings. The first-order chi connectivity index (χ1) is 34.0. The Morgan fingerprint density at radius 3 is 0.942 bits per heavy atom. The molecule has 0 aliphatic carbocycles. The molecule has 0 aliphatic heterocycles. The second-order valence-electron chi connectivity index (χ2n) is 18.5. The van der Waals surface area contributed by atoms with Gasteiger partial charge in [-0.25, -0.2) is 0 Å². The highest BCUT2D eigenvalue weighted by molar-refractivity contribution is 5.71. The number of ether oxygens (including phenoxy) is 3. The molecule has 1 atom stereocenters. The zero-order valence-electron chi connectivity index (χ0n) is 44.8. The highest BCUT2D eigenvalue weighted by atomic mass is 16.6. The summed E-state index contributed by atoms with van der Waals surface area (Å²) in [4.78, 5) is 38.1. The van der Waals surface area contributed by atoms with Crippen molar-refractivity contribution in [1.29, 1.82) is 0 Å². The molecule has 6 nitrogen and oxygen atoms in total. The van der Waals surface area contributed by atoms with Gasteiger partial charge in [0.2, 0.25) is 0 Å². The molecule has 6 heteroatoms. The van der Waals surface area contributed by atoms with Crippen molar-refractivity contribution in [3.05, 3.63) is 109 Å². The van der Waals surface area contributed by atoms with E-state index in [9.17, 15) is 14.4 Å². The molecule has 0 aromatic rings. The fourth-order valence-electron chi connectivity index (χ4n) is 7.53. The van der Waals surface area contributed by atoms with E-state index in [4.69, 9.17) is 14.2 Å². The summed E-state index contributed by atoms with van der Waals surface area (Å²) in [6, 6.07) is 0. The molecule has 0 unspecified atom stereocenters. The molecule has 0 N–H and O–H groups in total. The highest BCUT2D eigenvalue weighted by Crippen LogP contribution is 2.15. The van der Waals surface area contributed by atoms with Gasteiger partial charge in [-0.1, -0.05) is 246 Å². The number of carbonyl (C=O) groups excluding carboxylic acids is 3.